The molecular formula is C14H17F3N2O4. The molecule has 0 radical (unpaired) electrons. The maximum atomic E-state index is 12.1. The molecule has 0 bridgehead atoms. The second-order valence-corrected chi connectivity index (χ2v) is 5.52. The van der Waals surface area contributed by atoms with Crippen molar-refractivity contribution in [3.05, 3.63) is 23.9 Å². The number of ether oxygens (including phenoxy) is 1. The van der Waals surface area contributed by atoms with Crippen LogP contribution in [-0.4, -0.2) is 40.3 Å². The molecule has 0 aliphatic carbocycles. The fourth-order valence-electron chi connectivity index (χ4n) is 1.65. The van der Waals surface area contributed by atoms with Gasteiger partial charge in [-0.2, -0.15) is 13.2 Å². The topological polar surface area (TPSA) is 88.5 Å². The van der Waals surface area contributed by atoms with E-state index in [0.717, 1.165) is 12.3 Å². The molecule has 0 spiro atoms. The van der Waals surface area contributed by atoms with Crippen LogP contribution in [0.5, 0.6) is 5.88 Å². The van der Waals surface area contributed by atoms with Gasteiger partial charge < -0.3 is 15.2 Å². The Kier molecular flexibility index (Phi) is 5.94. The number of hydrogen-bond donors (Lipinski definition) is 2. The van der Waals surface area contributed by atoms with Gasteiger partial charge in [0, 0.05) is 29.8 Å². The van der Waals surface area contributed by atoms with Crippen molar-refractivity contribution in [2.24, 2.45) is 0 Å². The largest absolute Gasteiger partial charge is 0.481 e. The number of carboxylic acids is 1. The molecule has 9 heteroatoms. The third-order valence-corrected chi connectivity index (χ3v) is 2.80. The van der Waals surface area contributed by atoms with E-state index in [1.807, 2.05) is 0 Å². The lowest BCUT2D eigenvalue weighted by atomic mass is 9.98. The average Bonchev–Trinajstić information content (AvgIpc) is 2.42. The van der Waals surface area contributed by atoms with Gasteiger partial charge in [0.05, 0.1) is 0 Å². The van der Waals surface area contributed by atoms with E-state index >= 15 is 0 Å². The Bertz CT molecular complexity index is 573. The second kappa shape index (κ2) is 7.30. The molecule has 1 aromatic rings. The molecule has 1 amide bonds. The van der Waals surface area contributed by atoms with Crippen LogP contribution in [0.2, 0.25) is 0 Å². The Morgan fingerprint density at radius 3 is 2.57 bits per heavy atom. The highest BCUT2D eigenvalue weighted by Crippen LogP contribution is 2.18. The number of hydrogen-bond acceptors (Lipinski definition) is 4. The molecule has 0 saturated carbocycles. The van der Waals surface area contributed by atoms with E-state index in [9.17, 15) is 22.8 Å². The van der Waals surface area contributed by atoms with E-state index in [4.69, 9.17) is 5.11 Å². The SMILES string of the molecule is CC(C)(CCC(=O)O)NC(=O)c1ccnc(OCC(F)(F)F)c1. The van der Waals surface area contributed by atoms with Gasteiger partial charge in [0.2, 0.25) is 5.88 Å². The minimum atomic E-state index is -4.50. The Hall–Kier alpha value is -2.32. The first-order chi connectivity index (χ1) is 10.5. The van der Waals surface area contributed by atoms with Crippen molar-refractivity contribution in [2.75, 3.05) is 6.61 Å². The van der Waals surface area contributed by atoms with Crippen LogP contribution in [0.3, 0.4) is 0 Å². The van der Waals surface area contributed by atoms with Gasteiger partial charge in [0.15, 0.2) is 6.61 Å². The van der Waals surface area contributed by atoms with E-state index in [2.05, 4.69) is 15.0 Å². The molecule has 1 rings (SSSR count). The lowest BCUT2D eigenvalue weighted by Gasteiger charge is -2.25. The smallest absolute Gasteiger partial charge is 0.422 e. The summed E-state index contributed by atoms with van der Waals surface area (Å²) in [5, 5.41) is 11.3. The van der Waals surface area contributed by atoms with Gasteiger partial charge >= 0.3 is 12.1 Å². The lowest BCUT2D eigenvalue weighted by molar-refractivity contribution is -0.154. The van der Waals surface area contributed by atoms with Crippen LogP contribution >= 0.6 is 0 Å². The first kappa shape index (κ1) is 18.7. The van der Waals surface area contributed by atoms with Crippen LogP contribution in [0.1, 0.15) is 37.0 Å². The first-order valence-corrected chi connectivity index (χ1v) is 6.68. The molecule has 6 nitrogen and oxygen atoms in total. The highest BCUT2D eigenvalue weighted by atomic mass is 19.4. The molecule has 0 unspecified atom stereocenters. The van der Waals surface area contributed by atoms with Crippen LogP contribution < -0.4 is 10.1 Å². The predicted molar refractivity (Wildman–Crippen MR) is 74.2 cm³/mol. The molecule has 0 fully saturated rings. The normalized spacial score (nSPS) is 11.9. The lowest BCUT2D eigenvalue weighted by Crippen LogP contribution is -2.43. The second-order valence-electron chi connectivity index (χ2n) is 5.52. The maximum Gasteiger partial charge on any atom is 0.422 e. The summed E-state index contributed by atoms with van der Waals surface area (Å²) in [5.74, 6) is -1.86. The molecule has 2 N–H and O–H groups in total. The predicted octanol–water partition coefficient (Wildman–Crippen LogP) is 2.40. The Morgan fingerprint density at radius 1 is 1.35 bits per heavy atom. The van der Waals surface area contributed by atoms with Crippen molar-refractivity contribution in [1.29, 1.82) is 0 Å². The fourth-order valence-corrected chi connectivity index (χ4v) is 1.65. The van der Waals surface area contributed by atoms with Gasteiger partial charge in [-0.1, -0.05) is 0 Å². The standard InChI is InChI=1S/C14H17F3N2O4/c1-13(2,5-3-11(20)21)19-12(22)9-4-6-18-10(7-9)23-8-14(15,16)17/h4,6-7H,3,5,8H2,1-2H3,(H,19,22)(H,20,21). The number of carboxylic acid groups (broad SMARTS) is 1. The summed E-state index contributed by atoms with van der Waals surface area (Å²) in [7, 11) is 0. The van der Waals surface area contributed by atoms with Crippen molar-refractivity contribution >= 4 is 11.9 Å². The summed E-state index contributed by atoms with van der Waals surface area (Å²) < 4.78 is 40.8. The molecule has 0 aliphatic rings. The number of nitrogens with zero attached hydrogens (tertiary/aromatic N) is 1. The van der Waals surface area contributed by atoms with Gasteiger partial charge in [0.25, 0.3) is 5.91 Å². The van der Waals surface area contributed by atoms with E-state index in [0.29, 0.717) is 0 Å². The monoisotopic (exact) mass is 334 g/mol. The minimum absolute atomic E-state index is 0.0700. The number of alkyl halides is 3. The average molecular weight is 334 g/mol. The van der Waals surface area contributed by atoms with Crippen LogP contribution in [0, 0.1) is 0 Å². The third kappa shape index (κ3) is 7.48. The highest BCUT2D eigenvalue weighted by Gasteiger charge is 2.29. The van der Waals surface area contributed by atoms with Crippen LogP contribution in [0.4, 0.5) is 13.2 Å². The summed E-state index contributed by atoms with van der Waals surface area (Å²) in [6.45, 7) is 1.79. The summed E-state index contributed by atoms with van der Waals surface area (Å²) in [6.07, 6.45) is -3.26. The van der Waals surface area contributed by atoms with E-state index in [1.165, 1.54) is 6.07 Å². The Balaban J connectivity index is 2.71. The molecule has 0 atom stereocenters. The number of aliphatic carboxylic acids is 1. The number of rotatable bonds is 7. The van der Waals surface area contributed by atoms with E-state index < -0.39 is 30.2 Å². The number of aromatic nitrogens is 1. The quantitative estimate of drug-likeness (QED) is 0.799. The van der Waals surface area contributed by atoms with E-state index in [1.54, 1.807) is 13.8 Å². The third-order valence-electron chi connectivity index (χ3n) is 2.80. The van der Waals surface area contributed by atoms with Gasteiger partial charge in [-0.05, 0) is 26.3 Å². The maximum absolute atomic E-state index is 12.1. The number of amides is 1. The number of carbonyl (C=O) groups is 2. The van der Waals surface area contributed by atoms with Crippen molar-refractivity contribution in [2.45, 2.75) is 38.4 Å². The number of carbonyl (C=O) groups excluding carboxylic acids is 1. The zero-order valence-electron chi connectivity index (χ0n) is 12.6. The summed E-state index contributed by atoms with van der Waals surface area (Å²) in [5.41, 5.74) is -0.716. The Labute approximate surface area is 130 Å². The highest BCUT2D eigenvalue weighted by molar-refractivity contribution is 5.94. The first-order valence-electron chi connectivity index (χ1n) is 6.68. The number of nitrogens with one attached hydrogen (secondary N) is 1. The summed E-state index contributed by atoms with van der Waals surface area (Å²) in [4.78, 5) is 26.3. The zero-order chi connectivity index (χ0) is 17.7. The molecular weight excluding hydrogens is 317 g/mol. The molecule has 1 aromatic heterocycles. The minimum Gasteiger partial charge on any atom is -0.481 e. The van der Waals surface area contributed by atoms with Crippen molar-refractivity contribution in [3.63, 3.8) is 0 Å². The molecule has 23 heavy (non-hydrogen) atoms. The number of halogens is 3. The zero-order valence-corrected chi connectivity index (χ0v) is 12.6. The van der Waals surface area contributed by atoms with Gasteiger partial charge in [-0.25, -0.2) is 4.98 Å². The molecule has 128 valence electrons. The molecule has 1 heterocycles. The van der Waals surface area contributed by atoms with E-state index in [-0.39, 0.29) is 24.3 Å². The van der Waals surface area contributed by atoms with Gasteiger partial charge in [0.1, 0.15) is 0 Å². The van der Waals surface area contributed by atoms with Crippen LogP contribution in [0.15, 0.2) is 18.3 Å². The number of pyridine rings is 1. The molecule has 0 aromatic carbocycles. The van der Waals surface area contributed by atoms with Crippen LogP contribution in [0.25, 0.3) is 0 Å². The summed E-state index contributed by atoms with van der Waals surface area (Å²) >= 11 is 0. The molecule has 0 saturated heterocycles. The van der Waals surface area contributed by atoms with Crippen molar-refractivity contribution < 1.29 is 32.6 Å². The van der Waals surface area contributed by atoms with Gasteiger partial charge in [-0.3, -0.25) is 9.59 Å². The van der Waals surface area contributed by atoms with Crippen LogP contribution in [-0.2, 0) is 4.79 Å². The Morgan fingerprint density at radius 2 is 2.00 bits per heavy atom. The van der Waals surface area contributed by atoms with Crippen molar-refractivity contribution in [1.82, 2.24) is 10.3 Å². The van der Waals surface area contributed by atoms with Gasteiger partial charge in [-0.15, -0.1) is 0 Å². The fraction of sp³-hybridized carbons (Fsp3) is 0.500. The molecule has 0 aliphatic heterocycles. The summed E-state index contributed by atoms with van der Waals surface area (Å²) in [6, 6.07) is 2.41. The van der Waals surface area contributed by atoms with Crippen molar-refractivity contribution in [3.8, 4) is 5.88 Å².